The van der Waals surface area contributed by atoms with Gasteiger partial charge in [0.15, 0.2) is 6.10 Å². The summed E-state index contributed by atoms with van der Waals surface area (Å²) in [5.74, 6) is -0.334. The lowest BCUT2D eigenvalue weighted by Crippen LogP contribution is -2.32. The van der Waals surface area contributed by atoms with Crippen LogP contribution in [-0.2, 0) is 20.7 Å². The third-order valence-corrected chi connectivity index (χ3v) is 2.79. The zero-order valence-electron chi connectivity index (χ0n) is 9.84. The summed E-state index contributed by atoms with van der Waals surface area (Å²) in [6.45, 7) is 0. The molecule has 90 valence electrons. The van der Waals surface area contributed by atoms with E-state index in [2.05, 4.69) is 16.9 Å². The fraction of sp³-hybridized carbons (Fsp3) is 0.357. The lowest BCUT2D eigenvalue weighted by Gasteiger charge is -2.24. The molecule has 0 amide bonds. The highest BCUT2D eigenvalue weighted by atomic mass is 16.6. The molecule has 0 fully saturated rings. The Morgan fingerprint density at radius 1 is 1.41 bits per heavy atom. The summed E-state index contributed by atoms with van der Waals surface area (Å²) in [6, 6.07) is 10.1. The summed E-state index contributed by atoms with van der Waals surface area (Å²) in [4.78, 5) is 11.4. The van der Waals surface area contributed by atoms with E-state index in [1.807, 2.05) is 24.3 Å². The fourth-order valence-electron chi connectivity index (χ4n) is 1.92. The Balaban J connectivity index is 1.96. The minimum Gasteiger partial charge on any atom is -0.467 e. The summed E-state index contributed by atoms with van der Waals surface area (Å²) in [7, 11) is 1.38. The fourth-order valence-corrected chi connectivity index (χ4v) is 1.92. The molecule has 1 aliphatic heterocycles. The topological polar surface area (TPSA) is 35.5 Å². The molecule has 0 aromatic heterocycles. The van der Waals surface area contributed by atoms with Gasteiger partial charge >= 0.3 is 5.97 Å². The van der Waals surface area contributed by atoms with Gasteiger partial charge in [-0.3, -0.25) is 0 Å². The van der Waals surface area contributed by atoms with Crippen LogP contribution in [0, 0.1) is 0 Å². The molecular formula is C14H16O3. The number of hydrogen-bond acceptors (Lipinski definition) is 3. The first-order chi connectivity index (χ1) is 8.29. The number of methoxy groups -OCH3 is 1. The van der Waals surface area contributed by atoms with E-state index in [4.69, 9.17) is 4.74 Å². The SMILES string of the molecule is COC(=O)[C@H]1C=CCC(Cc2ccccc2)O1. The molecule has 0 radical (unpaired) electrons. The minimum absolute atomic E-state index is 0.0477. The number of benzene rings is 1. The average Bonchev–Trinajstić information content (AvgIpc) is 2.39. The molecule has 1 aromatic rings. The Morgan fingerprint density at radius 3 is 2.88 bits per heavy atom. The molecule has 1 aromatic carbocycles. The molecule has 3 heteroatoms. The summed E-state index contributed by atoms with van der Waals surface area (Å²) in [5.41, 5.74) is 1.22. The first kappa shape index (κ1) is 11.9. The first-order valence-electron chi connectivity index (χ1n) is 5.73. The molecule has 0 bridgehead atoms. The summed E-state index contributed by atoms with van der Waals surface area (Å²) in [6.07, 6.45) is 4.89. The summed E-state index contributed by atoms with van der Waals surface area (Å²) < 4.78 is 10.4. The number of carbonyl (C=O) groups excluding carboxylic acids is 1. The third kappa shape index (κ3) is 3.17. The van der Waals surface area contributed by atoms with Crippen LogP contribution in [0.15, 0.2) is 42.5 Å². The highest BCUT2D eigenvalue weighted by Gasteiger charge is 2.24. The van der Waals surface area contributed by atoms with Crippen molar-refractivity contribution in [2.45, 2.75) is 25.0 Å². The third-order valence-electron chi connectivity index (χ3n) is 2.79. The van der Waals surface area contributed by atoms with Gasteiger partial charge in [-0.1, -0.05) is 36.4 Å². The van der Waals surface area contributed by atoms with Gasteiger partial charge in [-0.2, -0.15) is 0 Å². The molecule has 0 spiro atoms. The Morgan fingerprint density at radius 2 is 2.18 bits per heavy atom. The van der Waals surface area contributed by atoms with Crippen molar-refractivity contribution in [1.82, 2.24) is 0 Å². The number of esters is 1. The minimum atomic E-state index is -0.553. The van der Waals surface area contributed by atoms with Crippen molar-refractivity contribution in [3.8, 4) is 0 Å². The smallest absolute Gasteiger partial charge is 0.339 e. The van der Waals surface area contributed by atoms with Gasteiger partial charge in [-0.25, -0.2) is 4.79 Å². The zero-order valence-corrected chi connectivity index (χ0v) is 9.84. The van der Waals surface area contributed by atoms with Gasteiger partial charge in [-0.05, 0) is 24.5 Å². The van der Waals surface area contributed by atoms with E-state index in [9.17, 15) is 4.79 Å². The van der Waals surface area contributed by atoms with E-state index in [1.54, 1.807) is 6.08 Å². The van der Waals surface area contributed by atoms with Crippen LogP contribution in [-0.4, -0.2) is 25.3 Å². The standard InChI is InChI=1S/C14H16O3/c1-16-14(15)13-9-5-8-12(17-13)10-11-6-3-2-4-7-11/h2-7,9,12-13H,8,10H2,1H3/t12?,13-/m1/s1. The van der Waals surface area contributed by atoms with Crippen molar-refractivity contribution < 1.29 is 14.3 Å². The van der Waals surface area contributed by atoms with Crippen LogP contribution in [0.4, 0.5) is 0 Å². The second-order valence-corrected chi connectivity index (χ2v) is 4.06. The molecule has 0 aliphatic carbocycles. The van der Waals surface area contributed by atoms with E-state index in [0.717, 1.165) is 12.8 Å². The van der Waals surface area contributed by atoms with Crippen LogP contribution in [0.1, 0.15) is 12.0 Å². The molecule has 2 atom stereocenters. The number of ether oxygens (including phenoxy) is 2. The van der Waals surface area contributed by atoms with Crippen LogP contribution >= 0.6 is 0 Å². The van der Waals surface area contributed by atoms with Crippen LogP contribution < -0.4 is 0 Å². The van der Waals surface area contributed by atoms with Crippen molar-refractivity contribution in [1.29, 1.82) is 0 Å². The number of hydrogen-bond donors (Lipinski definition) is 0. The van der Waals surface area contributed by atoms with Crippen LogP contribution in [0.2, 0.25) is 0 Å². The molecule has 0 saturated carbocycles. The number of carbonyl (C=O) groups is 1. The van der Waals surface area contributed by atoms with Gasteiger partial charge in [0.1, 0.15) is 0 Å². The predicted octanol–water partition coefficient (Wildman–Crippen LogP) is 2.12. The van der Waals surface area contributed by atoms with E-state index in [1.165, 1.54) is 12.7 Å². The monoisotopic (exact) mass is 232 g/mol. The molecular weight excluding hydrogens is 216 g/mol. The molecule has 0 N–H and O–H groups in total. The van der Waals surface area contributed by atoms with Gasteiger partial charge in [0.2, 0.25) is 0 Å². The zero-order chi connectivity index (χ0) is 12.1. The molecule has 1 aliphatic rings. The lowest BCUT2D eigenvalue weighted by molar-refractivity contribution is -0.154. The van der Waals surface area contributed by atoms with Crippen molar-refractivity contribution >= 4 is 5.97 Å². The Hall–Kier alpha value is -1.61. The van der Waals surface area contributed by atoms with E-state index in [-0.39, 0.29) is 12.1 Å². The summed E-state index contributed by atoms with van der Waals surface area (Å²) >= 11 is 0. The molecule has 2 rings (SSSR count). The molecule has 0 saturated heterocycles. The molecule has 1 unspecified atom stereocenters. The molecule has 3 nitrogen and oxygen atoms in total. The molecule has 17 heavy (non-hydrogen) atoms. The summed E-state index contributed by atoms with van der Waals surface area (Å²) in [5, 5.41) is 0. The van der Waals surface area contributed by atoms with Crippen LogP contribution in [0.25, 0.3) is 0 Å². The largest absolute Gasteiger partial charge is 0.467 e. The second-order valence-electron chi connectivity index (χ2n) is 4.06. The quantitative estimate of drug-likeness (QED) is 0.591. The highest BCUT2D eigenvalue weighted by molar-refractivity contribution is 5.76. The van der Waals surface area contributed by atoms with Gasteiger partial charge in [0.25, 0.3) is 0 Å². The van der Waals surface area contributed by atoms with E-state index >= 15 is 0 Å². The van der Waals surface area contributed by atoms with Crippen molar-refractivity contribution in [3.63, 3.8) is 0 Å². The number of rotatable bonds is 3. The predicted molar refractivity (Wildman–Crippen MR) is 64.6 cm³/mol. The second kappa shape index (κ2) is 5.64. The van der Waals surface area contributed by atoms with Gasteiger partial charge in [0, 0.05) is 0 Å². The van der Waals surface area contributed by atoms with Crippen molar-refractivity contribution in [2.75, 3.05) is 7.11 Å². The van der Waals surface area contributed by atoms with Gasteiger partial charge < -0.3 is 9.47 Å². The van der Waals surface area contributed by atoms with E-state index < -0.39 is 6.10 Å². The Kier molecular flexibility index (Phi) is 3.94. The van der Waals surface area contributed by atoms with Crippen LogP contribution in [0.5, 0.6) is 0 Å². The van der Waals surface area contributed by atoms with E-state index in [0.29, 0.717) is 0 Å². The normalized spacial score (nSPS) is 23.4. The lowest BCUT2D eigenvalue weighted by atomic mass is 10.0. The average molecular weight is 232 g/mol. The Labute approximate surface area is 101 Å². The maximum Gasteiger partial charge on any atom is 0.339 e. The maximum atomic E-state index is 11.4. The first-order valence-corrected chi connectivity index (χ1v) is 5.73. The molecule has 1 heterocycles. The highest BCUT2D eigenvalue weighted by Crippen LogP contribution is 2.17. The maximum absolute atomic E-state index is 11.4. The Bertz CT molecular complexity index is 397. The van der Waals surface area contributed by atoms with Crippen molar-refractivity contribution in [3.05, 3.63) is 48.0 Å². The van der Waals surface area contributed by atoms with Gasteiger partial charge in [0.05, 0.1) is 13.2 Å². The van der Waals surface area contributed by atoms with Crippen LogP contribution in [0.3, 0.4) is 0 Å². The van der Waals surface area contributed by atoms with Crippen molar-refractivity contribution in [2.24, 2.45) is 0 Å². The van der Waals surface area contributed by atoms with Gasteiger partial charge in [-0.15, -0.1) is 0 Å².